The van der Waals surface area contributed by atoms with Crippen LogP contribution in [0.4, 0.5) is 0 Å². The summed E-state index contributed by atoms with van der Waals surface area (Å²) in [6.07, 6.45) is 3.22. The van der Waals surface area contributed by atoms with Gasteiger partial charge < -0.3 is 25.3 Å². The van der Waals surface area contributed by atoms with E-state index in [1.165, 1.54) is 17.5 Å². The summed E-state index contributed by atoms with van der Waals surface area (Å²) in [6.45, 7) is 4.41. The molecule has 0 radical (unpaired) electrons. The summed E-state index contributed by atoms with van der Waals surface area (Å²) in [5.41, 5.74) is 7.43. The number of carbonyl (C=O) groups excluding carboxylic acids is 2. The van der Waals surface area contributed by atoms with Crippen molar-refractivity contribution in [2.45, 2.75) is 50.3 Å². The highest BCUT2D eigenvalue weighted by Crippen LogP contribution is 2.32. The van der Waals surface area contributed by atoms with E-state index in [9.17, 15) is 9.59 Å². The monoisotopic (exact) mass is 530 g/mol. The molecule has 9 heteroatoms. The van der Waals surface area contributed by atoms with Crippen LogP contribution >= 0.6 is 0 Å². The molecule has 2 amide bonds. The molecule has 3 aliphatic rings. The Bertz CT molecular complexity index is 1240. The van der Waals surface area contributed by atoms with E-state index in [1.54, 1.807) is 0 Å². The minimum atomic E-state index is -0.613. The van der Waals surface area contributed by atoms with E-state index in [1.807, 2.05) is 54.3 Å². The number of hydrazine groups is 1. The number of rotatable bonds is 6. The van der Waals surface area contributed by atoms with Crippen LogP contribution in [0.5, 0.6) is 0 Å². The molecule has 3 N–H and O–H groups in total. The molecule has 2 aromatic rings. The summed E-state index contributed by atoms with van der Waals surface area (Å²) >= 11 is 0. The van der Waals surface area contributed by atoms with Crippen molar-refractivity contribution in [3.63, 3.8) is 0 Å². The van der Waals surface area contributed by atoms with Crippen LogP contribution in [-0.2, 0) is 20.9 Å². The maximum absolute atomic E-state index is 13.3. The zero-order valence-electron chi connectivity index (χ0n) is 22.9. The summed E-state index contributed by atoms with van der Waals surface area (Å²) < 4.78 is 6.26. The van der Waals surface area contributed by atoms with E-state index in [0.717, 1.165) is 17.8 Å². The van der Waals surface area contributed by atoms with Crippen LogP contribution in [0.25, 0.3) is 5.70 Å². The third kappa shape index (κ3) is 5.84. The van der Waals surface area contributed by atoms with Gasteiger partial charge in [-0.2, -0.15) is 0 Å². The Kier molecular flexibility index (Phi) is 7.99. The Morgan fingerprint density at radius 3 is 2.56 bits per heavy atom. The van der Waals surface area contributed by atoms with E-state index >= 15 is 0 Å². The van der Waals surface area contributed by atoms with Crippen LogP contribution in [0, 0.1) is 0 Å². The van der Waals surface area contributed by atoms with Crippen molar-refractivity contribution in [1.82, 2.24) is 26.0 Å². The van der Waals surface area contributed by atoms with Crippen LogP contribution in [0.1, 0.15) is 48.8 Å². The van der Waals surface area contributed by atoms with Gasteiger partial charge in [-0.1, -0.05) is 61.5 Å². The molecule has 3 heterocycles. The number of hydrogen-bond donors (Lipinski definition) is 3. The predicted molar refractivity (Wildman–Crippen MR) is 151 cm³/mol. The van der Waals surface area contributed by atoms with E-state index in [0.29, 0.717) is 44.6 Å². The molecule has 3 aliphatic heterocycles. The predicted octanol–water partition coefficient (Wildman–Crippen LogP) is 2.62. The Hall–Kier alpha value is -3.69. The lowest BCUT2D eigenvalue weighted by Crippen LogP contribution is -2.55. The average molecular weight is 531 g/mol. The molecular weight excluding hydrogens is 492 g/mol. The molecule has 1 spiro atoms. The van der Waals surface area contributed by atoms with Gasteiger partial charge >= 0.3 is 0 Å². The fourth-order valence-corrected chi connectivity index (χ4v) is 5.61. The van der Waals surface area contributed by atoms with Crippen molar-refractivity contribution in [3.05, 3.63) is 77.0 Å². The highest BCUT2D eigenvalue weighted by atomic mass is 16.5. The molecule has 0 saturated carbocycles. The molecule has 1 fully saturated rings. The summed E-state index contributed by atoms with van der Waals surface area (Å²) in [5.74, 6) is 0.171. The average Bonchev–Trinajstić information content (AvgIpc) is 3.30. The number of carbonyl (C=O) groups is 2. The first-order chi connectivity index (χ1) is 18.9. The van der Waals surface area contributed by atoms with Gasteiger partial charge in [-0.25, -0.2) is 10.4 Å². The quantitative estimate of drug-likeness (QED) is 0.531. The zero-order valence-corrected chi connectivity index (χ0v) is 22.9. The van der Waals surface area contributed by atoms with Gasteiger partial charge in [0.15, 0.2) is 6.40 Å². The molecule has 2 atom stereocenters. The van der Waals surface area contributed by atoms with E-state index < -0.39 is 11.6 Å². The van der Waals surface area contributed by atoms with Crippen LogP contribution in [0.2, 0.25) is 0 Å². The molecule has 0 bridgehead atoms. The second-order valence-corrected chi connectivity index (χ2v) is 10.7. The molecular formula is C30H38N6O3. The lowest BCUT2D eigenvalue weighted by molar-refractivity contribution is -0.136. The summed E-state index contributed by atoms with van der Waals surface area (Å²) in [5, 5.41) is 8.10. The SMILES string of the molecule is CNCc1ccc(C2=C3N=COC4(CCN(C(=O)C[C@@H](C)c5ccccc5)CC4)CNC(=O)C3NN2C)cc1. The number of fused-ring (bicyclic) bond motifs is 1. The summed E-state index contributed by atoms with van der Waals surface area (Å²) in [7, 11) is 3.81. The van der Waals surface area contributed by atoms with Gasteiger partial charge in [-0.3, -0.25) is 9.59 Å². The molecule has 39 heavy (non-hydrogen) atoms. The number of hydrogen-bond acceptors (Lipinski definition) is 7. The van der Waals surface area contributed by atoms with Gasteiger partial charge in [-0.15, -0.1) is 0 Å². The standard InChI is InChI=1S/C30H38N6O3/c1-21(23-7-5-4-6-8-23)17-25(37)36-15-13-30(14-16-36)19-32-29(38)27-26(33-20-39-30)28(35(3)34-27)24-11-9-22(10-12-24)18-31-2/h4-12,20-21,27,31,34H,13-19H2,1-3H3,(H,32,38)/t21-,27?/m1/s1. The largest absolute Gasteiger partial charge is 0.475 e. The zero-order chi connectivity index (χ0) is 27.4. The normalized spacial score (nSPS) is 21.5. The molecule has 1 unspecified atom stereocenters. The fraction of sp³-hybridized carbons (Fsp3) is 0.433. The minimum absolute atomic E-state index is 0.143. The lowest BCUT2D eigenvalue weighted by atomic mass is 9.90. The van der Waals surface area contributed by atoms with Crippen LogP contribution in [-0.4, -0.2) is 73.5 Å². The van der Waals surface area contributed by atoms with Crippen molar-refractivity contribution >= 4 is 23.9 Å². The van der Waals surface area contributed by atoms with Gasteiger partial charge in [0, 0.05) is 51.5 Å². The summed E-state index contributed by atoms with van der Waals surface area (Å²) in [4.78, 5) is 32.9. The Morgan fingerprint density at radius 2 is 1.87 bits per heavy atom. The smallest absolute Gasteiger partial charge is 0.245 e. The lowest BCUT2D eigenvalue weighted by Gasteiger charge is -2.41. The van der Waals surface area contributed by atoms with Crippen LogP contribution < -0.4 is 16.1 Å². The second kappa shape index (κ2) is 11.6. The number of ether oxygens (including phenoxy) is 1. The maximum Gasteiger partial charge on any atom is 0.245 e. The van der Waals surface area contributed by atoms with Crippen LogP contribution in [0.3, 0.4) is 0 Å². The minimum Gasteiger partial charge on any atom is -0.475 e. The van der Waals surface area contributed by atoms with Crippen LogP contribution in [0.15, 0.2) is 65.3 Å². The highest BCUT2D eigenvalue weighted by molar-refractivity contribution is 5.90. The highest BCUT2D eigenvalue weighted by Gasteiger charge is 2.41. The Balaban J connectivity index is 1.28. The number of nitrogens with zero attached hydrogens (tertiary/aromatic N) is 3. The first-order valence-corrected chi connectivity index (χ1v) is 13.7. The molecule has 1 saturated heterocycles. The number of nitrogens with one attached hydrogen (secondary N) is 3. The number of amides is 2. The number of piperidine rings is 1. The van der Waals surface area contributed by atoms with Crippen molar-refractivity contribution < 1.29 is 14.3 Å². The van der Waals surface area contributed by atoms with Crippen molar-refractivity contribution in [2.75, 3.05) is 33.7 Å². The topological polar surface area (TPSA) is 98.3 Å². The molecule has 9 nitrogen and oxygen atoms in total. The summed E-state index contributed by atoms with van der Waals surface area (Å²) in [6, 6.07) is 17.8. The van der Waals surface area contributed by atoms with Gasteiger partial charge in [0.1, 0.15) is 11.6 Å². The first kappa shape index (κ1) is 26.9. The Morgan fingerprint density at radius 1 is 1.15 bits per heavy atom. The van der Waals surface area contributed by atoms with E-state index in [2.05, 4.69) is 52.2 Å². The number of likely N-dealkylation sites (tertiary alicyclic amines) is 1. The fourth-order valence-electron chi connectivity index (χ4n) is 5.61. The van der Waals surface area contributed by atoms with Gasteiger partial charge in [0.2, 0.25) is 11.8 Å². The number of benzene rings is 2. The maximum atomic E-state index is 13.3. The molecule has 206 valence electrons. The van der Waals surface area contributed by atoms with Crippen molar-refractivity contribution in [1.29, 1.82) is 0 Å². The third-order valence-corrected chi connectivity index (χ3v) is 8.00. The first-order valence-electron chi connectivity index (χ1n) is 13.7. The molecule has 0 aromatic heterocycles. The van der Waals surface area contributed by atoms with E-state index in [-0.39, 0.29) is 17.7 Å². The van der Waals surface area contributed by atoms with Crippen molar-refractivity contribution in [3.8, 4) is 0 Å². The third-order valence-electron chi connectivity index (χ3n) is 8.00. The van der Waals surface area contributed by atoms with E-state index in [4.69, 9.17) is 4.74 Å². The second-order valence-electron chi connectivity index (χ2n) is 10.7. The van der Waals surface area contributed by atoms with Gasteiger partial charge in [-0.05, 0) is 24.1 Å². The Labute approximate surface area is 230 Å². The molecule has 5 rings (SSSR count). The van der Waals surface area contributed by atoms with Gasteiger partial charge in [0.05, 0.1) is 17.9 Å². The number of aliphatic imine (C=N–C) groups is 1. The van der Waals surface area contributed by atoms with Gasteiger partial charge in [0.25, 0.3) is 0 Å². The molecule has 0 aliphatic carbocycles. The van der Waals surface area contributed by atoms with Crippen molar-refractivity contribution in [2.24, 2.45) is 4.99 Å². The molecule has 2 aromatic carbocycles.